The Morgan fingerprint density at radius 3 is 2.53 bits per heavy atom. The molecule has 2 N–H and O–H groups in total. The summed E-state index contributed by atoms with van der Waals surface area (Å²) < 4.78 is 5.48. The molecule has 4 nitrogen and oxygen atoms in total. The smallest absolute Gasteiger partial charge is 0.251 e. The summed E-state index contributed by atoms with van der Waals surface area (Å²) in [7, 11) is 1.63. The zero-order valence-electron chi connectivity index (χ0n) is 12.0. The lowest BCUT2D eigenvalue weighted by Gasteiger charge is -2.08. The van der Waals surface area contributed by atoms with E-state index in [0.29, 0.717) is 11.5 Å². The molecule has 106 valence electrons. The summed E-state index contributed by atoms with van der Waals surface area (Å²) in [5, 5.41) is 5.92. The summed E-state index contributed by atoms with van der Waals surface area (Å²) >= 11 is 0. The largest absolute Gasteiger partial charge is 0.380 e. The van der Waals surface area contributed by atoms with Crippen LogP contribution in [0.3, 0.4) is 0 Å². The first-order valence-electron chi connectivity index (χ1n) is 6.73. The highest BCUT2D eigenvalue weighted by Crippen LogP contribution is 2.04. The average Bonchev–Trinajstić information content (AvgIpc) is 2.42. The molecule has 1 aromatic carbocycles. The van der Waals surface area contributed by atoms with Crippen molar-refractivity contribution >= 4 is 5.91 Å². The van der Waals surface area contributed by atoms with Gasteiger partial charge in [-0.1, -0.05) is 26.0 Å². The lowest BCUT2D eigenvalue weighted by atomic mass is 10.1. The summed E-state index contributed by atoms with van der Waals surface area (Å²) in [6.45, 7) is 7.45. The van der Waals surface area contributed by atoms with Crippen molar-refractivity contribution in [2.24, 2.45) is 5.92 Å². The number of hydrogen-bond donors (Lipinski definition) is 2. The molecule has 0 saturated carbocycles. The van der Waals surface area contributed by atoms with Gasteiger partial charge in [0.15, 0.2) is 0 Å². The quantitative estimate of drug-likeness (QED) is 0.704. The van der Waals surface area contributed by atoms with Gasteiger partial charge >= 0.3 is 0 Å². The van der Waals surface area contributed by atoms with E-state index >= 15 is 0 Å². The van der Waals surface area contributed by atoms with Crippen molar-refractivity contribution in [3.63, 3.8) is 0 Å². The second-order valence-electron chi connectivity index (χ2n) is 4.92. The molecule has 0 bridgehead atoms. The third-order valence-electron chi connectivity index (χ3n) is 2.65. The Bertz CT molecular complexity index is 374. The fourth-order valence-corrected chi connectivity index (χ4v) is 1.61. The van der Waals surface area contributed by atoms with Gasteiger partial charge in [0.25, 0.3) is 5.91 Å². The maximum absolute atomic E-state index is 11.4. The van der Waals surface area contributed by atoms with Crippen LogP contribution in [0, 0.1) is 5.92 Å². The molecule has 0 heterocycles. The van der Waals surface area contributed by atoms with E-state index in [-0.39, 0.29) is 5.91 Å². The molecule has 0 unspecified atom stereocenters. The topological polar surface area (TPSA) is 50.4 Å². The molecule has 0 fully saturated rings. The van der Waals surface area contributed by atoms with E-state index in [1.54, 1.807) is 7.05 Å². The number of carbonyl (C=O) groups is 1. The number of nitrogens with one attached hydrogen (secondary N) is 2. The SMILES string of the molecule is CNC(=O)c1ccc(CNCCOCC(C)C)cc1. The highest BCUT2D eigenvalue weighted by Gasteiger charge is 2.01. The van der Waals surface area contributed by atoms with Gasteiger partial charge in [-0.05, 0) is 23.6 Å². The van der Waals surface area contributed by atoms with E-state index in [1.165, 1.54) is 0 Å². The molecule has 1 aromatic rings. The van der Waals surface area contributed by atoms with Crippen molar-refractivity contribution in [2.45, 2.75) is 20.4 Å². The number of amides is 1. The van der Waals surface area contributed by atoms with Crippen molar-refractivity contribution in [3.8, 4) is 0 Å². The molecule has 0 spiro atoms. The van der Waals surface area contributed by atoms with Crippen LogP contribution in [-0.2, 0) is 11.3 Å². The number of carbonyl (C=O) groups excluding carboxylic acids is 1. The van der Waals surface area contributed by atoms with Crippen molar-refractivity contribution in [2.75, 3.05) is 26.8 Å². The summed E-state index contributed by atoms with van der Waals surface area (Å²) in [5.41, 5.74) is 1.85. The van der Waals surface area contributed by atoms with Crippen LogP contribution in [0.2, 0.25) is 0 Å². The average molecular weight is 264 g/mol. The van der Waals surface area contributed by atoms with Gasteiger partial charge < -0.3 is 15.4 Å². The minimum absolute atomic E-state index is 0.0541. The molecule has 0 aliphatic heterocycles. The summed E-state index contributed by atoms with van der Waals surface area (Å²) in [6.07, 6.45) is 0. The Balaban J connectivity index is 2.21. The minimum Gasteiger partial charge on any atom is -0.380 e. The van der Waals surface area contributed by atoms with Gasteiger partial charge in [-0.3, -0.25) is 4.79 Å². The van der Waals surface area contributed by atoms with E-state index in [2.05, 4.69) is 24.5 Å². The van der Waals surface area contributed by atoms with Crippen LogP contribution in [0.4, 0.5) is 0 Å². The number of hydrogen-bond acceptors (Lipinski definition) is 3. The Morgan fingerprint density at radius 1 is 1.26 bits per heavy atom. The third kappa shape index (κ3) is 6.36. The van der Waals surface area contributed by atoms with Crippen molar-refractivity contribution < 1.29 is 9.53 Å². The van der Waals surface area contributed by atoms with Crippen LogP contribution in [0.5, 0.6) is 0 Å². The van der Waals surface area contributed by atoms with E-state index in [9.17, 15) is 4.79 Å². The Kier molecular flexibility index (Phi) is 7.15. The molecular weight excluding hydrogens is 240 g/mol. The molecule has 1 rings (SSSR count). The second-order valence-corrected chi connectivity index (χ2v) is 4.92. The predicted molar refractivity (Wildman–Crippen MR) is 77.2 cm³/mol. The van der Waals surface area contributed by atoms with E-state index < -0.39 is 0 Å². The molecule has 0 radical (unpaired) electrons. The van der Waals surface area contributed by atoms with Gasteiger partial charge in [0.05, 0.1) is 6.61 Å². The third-order valence-corrected chi connectivity index (χ3v) is 2.65. The molecule has 0 atom stereocenters. The molecule has 0 saturated heterocycles. The Labute approximate surface area is 115 Å². The van der Waals surface area contributed by atoms with Crippen LogP contribution in [0.25, 0.3) is 0 Å². The zero-order chi connectivity index (χ0) is 14.1. The van der Waals surface area contributed by atoms with Crippen LogP contribution < -0.4 is 10.6 Å². The summed E-state index contributed by atoms with van der Waals surface area (Å²) in [6, 6.07) is 7.61. The van der Waals surface area contributed by atoms with Gasteiger partial charge in [0, 0.05) is 32.3 Å². The van der Waals surface area contributed by atoms with E-state index in [1.807, 2.05) is 24.3 Å². The lowest BCUT2D eigenvalue weighted by Crippen LogP contribution is -2.20. The first kappa shape index (κ1) is 15.7. The number of benzene rings is 1. The number of rotatable bonds is 8. The van der Waals surface area contributed by atoms with Crippen molar-refractivity contribution in [1.82, 2.24) is 10.6 Å². The van der Waals surface area contributed by atoms with Gasteiger partial charge in [0.2, 0.25) is 0 Å². The van der Waals surface area contributed by atoms with E-state index in [4.69, 9.17) is 4.74 Å². The van der Waals surface area contributed by atoms with E-state index in [0.717, 1.165) is 31.9 Å². The fraction of sp³-hybridized carbons (Fsp3) is 0.533. The van der Waals surface area contributed by atoms with Gasteiger partial charge in [-0.15, -0.1) is 0 Å². The van der Waals surface area contributed by atoms with Crippen LogP contribution >= 0.6 is 0 Å². The Hall–Kier alpha value is -1.39. The van der Waals surface area contributed by atoms with Crippen molar-refractivity contribution in [1.29, 1.82) is 0 Å². The highest BCUT2D eigenvalue weighted by atomic mass is 16.5. The summed E-state index contributed by atoms with van der Waals surface area (Å²) in [5.74, 6) is 0.527. The van der Waals surface area contributed by atoms with Crippen molar-refractivity contribution in [3.05, 3.63) is 35.4 Å². The second kappa shape index (κ2) is 8.67. The molecule has 0 aliphatic carbocycles. The molecule has 0 aliphatic rings. The van der Waals surface area contributed by atoms with Crippen LogP contribution in [-0.4, -0.2) is 32.7 Å². The maximum Gasteiger partial charge on any atom is 0.251 e. The van der Waals surface area contributed by atoms with Gasteiger partial charge in [-0.25, -0.2) is 0 Å². The minimum atomic E-state index is -0.0541. The maximum atomic E-state index is 11.4. The lowest BCUT2D eigenvalue weighted by molar-refractivity contribution is 0.0963. The van der Waals surface area contributed by atoms with Crippen LogP contribution in [0.1, 0.15) is 29.8 Å². The number of ether oxygens (including phenoxy) is 1. The molecule has 0 aromatic heterocycles. The highest BCUT2D eigenvalue weighted by molar-refractivity contribution is 5.93. The standard InChI is InChI=1S/C15H24N2O2/c1-12(2)11-19-9-8-17-10-13-4-6-14(7-5-13)15(18)16-3/h4-7,12,17H,8-11H2,1-3H3,(H,16,18). The first-order valence-corrected chi connectivity index (χ1v) is 6.73. The predicted octanol–water partition coefficient (Wildman–Crippen LogP) is 1.81. The summed E-state index contributed by atoms with van der Waals surface area (Å²) in [4.78, 5) is 11.4. The normalized spacial score (nSPS) is 10.7. The van der Waals surface area contributed by atoms with Gasteiger partial charge in [-0.2, -0.15) is 0 Å². The molecular formula is C15H24N2O2. The zero-order valence-corrected chi connectivity index (χ0v) is 12.0. The van der Waals surface area contributed by atoms with Crippen LogP contribution in [0.15, 0.2) is 24.3 Å². The monoisotopic (exact) mass is 264 g/mol. The molecule has 4 heteroatoms. The Morgan fingerprint density at radius 2 is 1.95 bits per heavy atom. The fourth-order valence-electron chi connectivity index (χ4n) is 1.61. The molecule has 19 heavy (non-hydrogen) atoms. The molecule has 1 amide bonds. The van der Waals surface area contributed by atoms with Gasteiger partial charge in [0.1, 0.15) is 0 Å². The first-order chi connectivity index (χ1) is 9.13.